The second-order valence-corrected chi connectivity index (χ2v) is 6.56. The van der Waals surface area contributed by atoms with Gasteiger partial charge in [-0.2, -0.15) is 0 Å². The Morgan fingerprint density at radius 2 is 0.909 bits per heavy atom. The zero-order valence-electron chi connectivity index (χ0n) is 15.3. The van der Waals surface area contributed by atoms with Gasteiger partial charge in [0.15, 0.2) is 0 Å². The molecule has 0 radical (unpaired) electrons. The van der Waals surface area contributed by atoms with Gasteiger partial charge in [0.25, 0.3) is 0 Å². The topological polar surface area (TPSA) is 16.6 Å². The molecule has 22 heavy (non-hydrogen) atoms. The van der Waals surface area contributed by atoms with Gasteiger partial charge < -0.3 is 17.7 Å². The predicted molar refractivity (Wildman–Crippen MR) is 96.5 cm³/mol. The number of rotatable bonds is 18. The van der Waals surface area contributed by atoms with Gasteiger partial charge in [0.1, 0.15) is 0 Å². The van der Waals surface area contributed by atoms with E-state index < -0.39 is 0 Å². The van der Waals surface area contributed by atoms with E-state index in [-0.39, 0.29) is 12.4 Å². The summed E-state index contributed by atoms with van der Waals surface area (Å²) in [6.45, 7) is 7.23. The van der Waals surface area contributed by atoms with Crippen LogP contribution in [0.15, 0.2) is 12.8 Å². The van der Waals surface area contributed by atoms with Crippen LogP contribution in [0.3, 0.4) is 0 Å². The maximum Gasteiger partial charge on any atom is 0.0852 e. The molecule has 0 fully saturated rings. The van der Waals surface area contributed by atoms with Crippen molar-refractivity contribution in [1.82, 2.24) is 0 Å². The molecule has 0 aromatic heterocycles. The number of hydrogen-bond acceptors (Lipinski definition) is 0. The molecule has 0 aromatic rings. The van der Waals surface area contributed by atoms with E-state index in [2.05, 4.69) is 18.8 Å². The molecule has 0 aliphatic heterocycles. The molecule has 0 bridgehead atoms. The molecular weight excluding hydrogens is 290 g/mol. The van der Waals surface area contributed by atoms with Gasteiger partial charge in [-0.1, -0.05) is 96.8 Å². The Kier molecular flexibility index (Phi) is 25.6. The summed E-state index contributed by atoms with van der Waals surface area (Å²) >= 11 is 0. The van der Waals surface area contributed by atoms with E-state index >= 15 is 0 Å². The quantitative estimate of drug-likeness (QED) is 0.372. The van der Waals surface area contributed by atoms with Crippen molar-refractivity contribution in [2.75, 3.05) is 6.54 Å². The summed E-state index contributed by atoms with van der Waals surface area (Å²) in [5.74, 6) is 0. The highest BCUT2D eigenvalue weighted by molar-refractivity contribution is 4.50. The van der Waals surface area contributed by atoms with E-state index in [0.29, 0.717) is 0 Å². The largest absolute Gasteiger partial charge is 1.00 e. The number of nitrogens with two attached hydrogens (primary N) is 1. The number of hydrogen-bond donors (Lipinski definition) is 1. The molecule has 0 saturated heterocycles. The fourth-order valence-corrected chi connectivity index (χ4v) is 2.93. The van der Waals surface area contributed by atoms with Crippen molar-refractivity contribution in [3.8, 4) is 0 Å². The molecule has 2 heteroatoms. The first kappa shape index (κ1) is 24.2. The zero-order chi connectivity index (χ0) is 15.4. The smallest absolute Gasteiger partial charge is 0.0852 e. The molecule has 0 atom stereocenters. The first-order chi connectivity index (χ1) is 10.4. The Morgan fingerprint density at radius 3 is 1.23 bits per heavy atom. The molecule has 0 rings (SSSR count). The second kappa shape index (κ2) is 23.3. The Morgan fingerprint density at radius 1 is 0.591 bits per heavy atom. The van der Waals surface area contributed by atoms with Crippen LogP contribution >= 0.6 is 0 Å². The third kappa shape index (κ3) is 22.3. The summed E-state index contributed by atoms with van der Waals surface area (Å²) in [5, 5.41) is 2.18. The van der Waals surface area contributed by atoms with Crippen molar-refractivity contribution in [3.05, 3.63) is 12.8 Å². The van der Waals surface area contributed by atoms with E-state index in [0.717, 1.165) is 0 Å². The first-order valence-electron chi connectivity index (χ1n) is 9.86. The fraction of sp³-hybridized carbons (Fsp3) is 0.900. The van der Waals surface area contributed by atoms with Gasteiger partial charge in [-0.25, -0.2) is 0 Å². The van der Waals surface area contributed by atoms with Crippen molar-refractivity contribution < 1.29 is 17.7 Å². The van der Waals surface area contributed by atoms with Crippen LogP contribution in [0.25, 0.3) is 0 Å². The monoisotopic (exact) mass is 331 g/mol. The molecule has 0 aromatic carbocycles. The van der Waals surface area contributed by atoms with Crippen LogP contribution in [-0.2, 0) is 0 Å². The van der Waals surface area contributed by atoms with Gasteiger partial charge in [0.2, 0.25) is 0 Å². The average Bonchev–Trinajstić information content (AvgIpc) is 2.50. The highest BCUT2D eigenvalue weighted by Gasteiger charge is 1.94. The normalized spacial score (nSPS) is 10.4. The van der Waals surface area contributed by atoms with E-state index in [1.54, 1.807) is 0 Å². The van der Waals surface area contributed by atoms with Crippen LogP contribution in [0.4, 0.5) is 0 Å². The minimum Gasteiger partial charge on any atom is -1.00 e. The third-order valence-corrected chi connectivity index (χ3v) is 4.39. The highest BCUT2D eigenvalue weighted by atomic mass is 35.5. The van der Waals surface area contributed by atoms with Crippen molar-refractivity contribution in [1.29, 1.82) is 0 Å². The Bertz CT molecular complexity index is 194. The van der Waals surface area contributed by atoms with E-state index in [1.165, 1.54) is 109 Å². The summed E-state index contributed by atoms with van der Waals surface area (Å²) < 4.78 is 0. The van der Waals surface area contributed by atoms with Gasteiger partial charge >= 0.3 is 0 Å². The Balaban J connectivity index is 0. The number of quaternary nitrogens is 1. The molecular formula is C20H42ClN. The zero-order valence-corrected chi connectivity index (χ0v) is 16.0. The minimum atomic E-state index is 0. The van der Waals surface area contributed by atoms with Gasteiger partial charge in [-0.15, -0.1) is 0 Å². The summed E-state index contributed by atoms with van der Waals surface area (Å²) in [6, 6.07) is 0. The van der Waals surface area contributed by atoms with Crippen molar-refractivity contribution in [2.24, 2.45) is 0 Å². The standard InChI is InChI=1S/C20H41N.ClH/c1-3-5-6-7-8-9-10-11-12-13-14-15-16-17-18-19-20-21-4-2;/h4,21H,2-3,5-20H2,1H3;1H. The maximum absolute atomic E-state index is 3.72. The molecule has 0 aliphatic rings. The molecule has 134 valence electrons. The Labute approximate surface area is 147 Å². The third-order valence-electron chi connectivity index (χ3n) is 4.39. The van der Waals surface area contributed by atoms with E-state index in [4.69, 9.17) is 0 Å². The lowest BCUT2D eigenvalue weighted by molar-refractivity contribution is -0.587. The summed E-state index contributed by atoms with van der Waals surface area (Å²) in [6.07, 6.45) is 25.1. The van der Waals surface area contributed by atoms with Crippen LogP contribution in [0.5, 0.6) is 0 Å². The minimum absolute atomic E-state index is 0. The molecule has 0 unspecified atom stereocenters. The SMILES string of the molecule is C=C[NH2+]CCCCCCCCCCCCCCCCCC.[Cl-]. The average molecular weight is 332 g/mol. The Hall–Kier alpha value is -0.0100. The summed E-state index contributed by atoms with van der Waals surface area (Å²) in [5.41, 5.74) is 0. The molecule has 1 nitrogen and oxygen atoms in total. The number of halogens is 1. The molecule has 0 amide bonds. The van der Waals surface area contributed by atoms with Gasteiger partial charge in [0.05, 0.1) is 12.7 Å². The van der Waals surface area contributed by atoms with Gasteiger partial charge in [-0.3, -0.25) is 0 Å². The second-order valence-electron chi connectivity index (χ2n) is 6.56. The van der Waals surface area contributed by atoms with Crippen LogP contribution in [-0.4, -0.2) is 6.54 Å². The predicted octanol–water partition coefficient (Wildman–Crippen LogP) is 2.96. The molecule has 0 aliphatic carbocycles. The highest BCUT2D eigenvalue weighted by Crippen LogP contribution is 2.13. The first-order valence-corrected chi connectivity index (χ1v) is 9.86. The molecule has 0 spiro atoms. The lowest BCUT2D eigenvalue weighted by Crippen LogP contribution is -3.00. The summed E-state index contributed by atoms with van der Waals surface area (Å²) in [7, 11) is 0. The van der Waals surface area contributed by atoms with Crippen LogP contribution in [0.2, 0.25) is 0 Å². The molecule has 0 saturated carbocycles. The lowest BCUT2D eigenvalue weighted by atomic mass is 10.0. The van der Waals surface area contributed by atoms with Gasteiger partial charge in [0, 0.05) is 0 Å². The van der Waals surface area contributed by atoms with Crippen molar-refractivity contribution in [2.45, 2.75) is 110 Å². The van der Waals surface area contributed by atoms with Crippen LogP contribution in [0, 0.1) is 0 Å². The van der Waals surface area contributed by atoms with E-state index in [9.17, 15) is 0 Å². The summed E-state index contributed by atoms with van der Waals surface area (Å²) in [4.78, 5) is 0. The molecule has 2 N–H and O–H groups in total. The lowest BCUT2D eigenvalue weighted by Gasteiger charge is -2.03. The number of unbranched alkanes of at least 4 members (excludes halogenated alkanes) is 15. The van der Waals surface area contributed by atoms with E-state index in [1.807, 2.05) is 6.20 Å². The van der Waals surface area contributed by atoms with Crippen LogP contribution < -0.4 is 17.7 Å². The maximum atomic E-state index is 3.72. The van der Waals surface area contributed by atoms with Crippen LogP contribution in [0.1, 0.15) is 110 Å². The van der Waals surface area contributed by atoms with Crippen molar-refractivity contribution in [3.63, 3.8) is 0 Å². The molecule has 0 heterocycles. The van der Waals surface area contributed by atoms with Gasteiger partial charge in [-0.05, 0) is 19.4 Å². The fourth-order valence-electron chi connectivity index (χ4n) is 2.93. The van der Waals surface area contributed by atoms with Crippen molar-refractivity contribution >= 4 is 0 Å².